The second kappa shape index (κ2) is 15.8. The molecule has 0 saturated carbocycles. The first kappa shape index (κ1) is 36.0. The molecule has 0 spiro atoms. The zero-order valence-corrected chi connectivity index (χ0v) is 29.7. The van der Waals surface area contributed by atoms with E-state index >= 15 is 0 Å². The van der Waals surface area contributed by atoms with Crippen molar-refractivity contribution in [3.8, 4) is 0 Å². The monoisotopic (exact) mass is 693 g/mol. The Bertz CT molecular complexity index is 1820. The standard InChI is InChI=1S/C37H41Cl2N3O4S/c1-6-27(4)40-37(44)35(22-29-12-8-7-9-13-29)41(23-30-17-20-32(38)33(39)21-30)36(43)24-42(34-14-10-11-26(3)28(34)5)47(45,46)31-18-15-25(2)16-19-31/h7-21,27,35H,6,22-24H2,1-5H3,(H,40,44). The lowest BCUT2D eigenvalue weighted by atomic mass is 10.0. The summed E-state index contributed by atoms with van der Waals surface area (Å²) in [4.78, 5) is 30.2. The number of carbonyl (C=O) groups excluding carboxylic acids is 2. The van der Waals surface area contributed by atoms with Crippen LogP contribution in [0.15, 0.2) is 95.9 Å². The summed E-state index contributed by atoms with van der Waals surface area (Å²) in [6, 6.07) is 25.2. The summed E-state index contributed by atoms with van der Waals surface area (Å²) in [5, 5.41) is 3.70. The molecule has 10 heteroatoms. The first-order valence-corrected chi connectivity index (χ1v) is 17.7. The summed E-state index contributed by atoms with van der Waals surface area (Å²) in [6.07, 6.45) is 0.907. The molecule has 0 saturated heterocycles. The van der Waals surface area contributed by atoms with Crippen molar-refractivity contribution in [1.29, 1.82) is 0 Å². The predicted molar refractivity (Wildman–Crippen MR) is 190 cm³/mol. The third kappa shape index (κ3) is 8.95. The van der Waals surface area contributed by atoms with Gasteiger partial charge in [-0.25, -0.2) is 8.42 Å². The van der Waals surface area contributed by atoms with Gasteiger partial charge in [0, 0.05) is 19.0 Å². The van der Waals surface area contributed by atoms with Gasteiger partial charge in [0.2, 0.25) is 11.8 Å². The molecule has 2 unspecified atom stereocenters. The van der Waals surface area contributed by atoms with Crippen LogP contribution in [-0.4, -0.2) is 43.8 Å². The summed E-state index contributed by atoms with van der Waals surface area (Å²) in [7, 11) is -4.20. The Balaban J connectivity index is 1.85. The van der Waals surface area contributed by atoms with Gasteiger partial charge in [0.1, 0.15) is 12.6 Å². The van der Waals surface area contributed by atoms with E-state index in [1.165, 1.54) is 4.90 Å². The van der Waals surface area contributed by atoms with Crippen molar-refractivity contribution in [2.24, 2.45) is 0 Å². The molecular formula is C37H41Cl2N3O4S. The molecule has 4 aromatic carbocycles. The molecule has 0 fully saturated rings. The normalized spacial score (nSPS) is 12.7. The summed E-state index contributed by atoms with van der Waals surface area (Å²) in [5.74, 6) is -0.885. The Kier molecular flexibility index (Phi) is 12.1. The number of hydrogen-bond donors (Lipinski definition) is 1. The van der Waals surface area contributed by atoms with E-state index in [9.17, 15) is 18.0 Å². The first-order valence-electron chi connectivity index (χ1n) is 15.5. The molecule has 0 bridgehead atoms. The first-order chi connectivity index (χ1) is 22.3. The van der Waals surface area contributed by atoms with Crippen molar-refractivity contribution in [2.75, 3.05) is 10.8 Å². The van der Waals surface area contributed by atoms with Crippen LogP contribution in [0.2, 0.25) is 10.0 Å². The van der Waals surface area contributed by atoms with Gasteiger partial charge in [-0.2, -0.15) is 0 Å². The fourth-order valence-electron chi connectivity index (χ4n) is 5.19. The van der Waals surface area contributed by atoms with Gasteiger partial charge in [0.15, 0.2) is 0 Å². The minimum absolute atomic E-state index is 0.00757. The number of nitrogens with zero attached hydrogens (tertiary/aromatic N) is 2. The van der Waals surface area contributed by atoms with E-state index in [2.05, 4.69) is 5.32 Å². The molecule has 0 aliphatic carbocycles. The number of sulfonamides is 1. The summed E-state index contributed by atoms with van der Waals surface area (Å²) in [6.45, 7) is 8.92. The number of nitrogens with one attached hydrogen (secondary N) is 1. The molecule has 0 aromatic heterocycles. The van der Waals surface area contributed by atoms with Gasteiger partial charge >= 0.3 is 0 Å². The molecule has 1 N–H and O–H groups in total. The molecule has 47 heavy (non-hydrogen) atoms. The smallest absolute Gasteiger partial charge is 0.264 e. The highest BCUT2D eigenvalue weighted by atomic mass is 35.5. The fourth-order valence-corrected chi connectivity index (χ4v) is 6.98. The number of anilines is 1. The maximum Gasteiger partial charge on any atom is 0.264 e. The number of hydrogen-bond acceptors (Lipinski definition) is 4. The maximum absolute atomic E-state index is 14.7. The van der Waals surface area contributed by atoms with Crippen LogP contribution in [0.4, 0.5) is 5.69 Å². The summed E-state index contributed by atoms with van der Waals surface area (Å²) >= 11 is 12.6. The largest absolute Gasteiger partial charge is 0.352 e. The van der Waals surface area contributed by atoms with Crippen LogP contribution in [0.25, 0.3) is 0 Å². The van der Waals surface area contributed by atoms with E-state index in [0.717, 1.165) is 26.6 Å². The third-order valence-corrected chi connectivity index (χ3v) is 10.9. The van der Waals surface area contributed by atoms with Crippen LogP contribution in [-0.2, 0) is 32.6 Å². The van der Waals surface area contributed by atoms with Gasteiger partial charge in [-0.05, 0) is 86.7 Å². The quantitative estimate of drug-likeness (QED) is 0.156. The lowest BCUT2D eigenvalue weighted by Gasteiger charge is -2.34. The minimum Gasteiger partial charge on any atom is -0.352 e. The molecule has 0 heterocycles. The average molecular weight is 695 g/mol. The van der Waals surface area contributed by atoms with Crippen LogP contribution in [0, 0.1) is 20.8 Å². The van der Waals surface area contributed by atoms with Crippen LogP contribution < -0.4 is 9.62 Å². The average Bonchev–Trinajstić information content (AvgIpc) is 3.05. The number of benzene rings is 4. The molecule has 7 nitrogen and oxygen atoms in total. The van der Waals surface area contributed by atoms with Gasteiger partial charge in [-0.1, -0.05) is 96.4 Å². The molecule has 248 valence electrons. The number of carbonyl (C=O) groups is 2. The van der Waals surface area contributed by atoms with Crippen LogP contribution in [0.5, 0.6) is 0 Å². The summed E-state index contributed by atoms with van der Waals surface area (Å²) in [5.41, 5.74) is 4.38. The molecular weight excluding hydrogens is 653 g/mol. The van der Waals surface area contributed by atoms with Crippen molar-refractivity contribution in [3.05, 3.63) is 129 Å². The Morgan fingerprint density at radius 2 is 1.51 bits per heavy atom. The van der Waals surface area contributed by atoms with Crippen LogP contribution in [0.3, 0.4) is 0 Å². The topological polar surface area (TPSA) is 86.8 Å². The lowest BCUT2D eigenvalue weighted by Crippen LogP contribution is -2.54. The Morgan fingerprint density at radius 1 is 0.830 bits per heavy atom. The van der Waals surface area contributed by atoms with Crippen molar-refractivity contribution >= 4 is 50.7 Å². The molecule has 0 aliphatic rings. The van der Waals surface area contributed by atoms with E-state index in [4.69, 9.17) is 23.2 Å². The molecule has 0 aliphatic heterocycles. The maximum atomic E-state index is 14.7. The van der Waals surface area contributed by atoms with Crippen molar-refractivity contribution in [3.63, 3.8) is 0 Å². The highest BCUT2D eigenvalue weighted by Crippen LogP contribution is 2.30. The Morgan fingerprint density at radius 3 is 2.15 bits per heavy atom. The van der Waals surface area contributed by atoms with Crippen molar-refractivity contribution < 1.29 is 18.0 Å². The van der Waals surface area contributed by atoms with E-state index in [1.807, 2.05) is 71.0 Å². The number of amides is 2. The SMILES string of the molecule is CCC(C)NC(=O)C(Cc1ccccc1)N(Cc1ccc(Cl)c(Cl)c1)C(=O)CN(c1cccc(C)c1C)S(=O)(=O)c1ccc(C)cc1. The second-order valence-corrected chi connectivity index (χ2v) is 14.5. The van der Waals surface area contributed by atoms with Gasteiger partial charge in [-0.3, -0.25) is 13.9 Å². The zero-order chi connectivity index (χ0) is 34.3. The molecule has 4 aromatic rings. The molecule has 2 amide bonds. The minimum atomic E-state index is -4.20. The lowest BCUT2D eigenvalue weighted by molar-refractivity contribution is -0.140. The molecule has 2 atom stereocenters. The van der Waals surface area contributed by atoms with Gasteiger partial charge in [-0.15, -0.1) is 0 Å². The highest BCUT2D eigenvalue weighted by molar-refractivity contribution is 7.92. The Hall–Kier alpha value is -3.85. The van der Waals surface area contributed by atoms with E-state index in [-0.39, 0.29) is 29.8 Å². The predicted octanol–water partition coefficient (Wildman–Crippen LogP) is 7.67. The zero-order valence-electron chi connectivity index (χ0n) is 27.3. The number of rotatable bonds is 13. The summed E-state index contributed by atoms with van der Waals surface area (Å²) < 4.78 is 29.8. The number of aryl methyl sites for hydroxylation is 2. The van der Waals surface area contributed by atoms with Gasteiger partial charge in [0.05, 0.1) is 20.6 Å². The second-order valence-electron chi connectivity index (χ2n) is 11.8. The Labute approximate surface area is 288 Å². The van der Waals surface area contributed by atoms with Crippen LogP contribution in [0.1, 0.15) is 48.1 Å². The third-order valence-electron chi connectivity index (χ3n) is 8.34. The number of halogens is 2. The highest BCUT2D eigenvalue weighted by Gasteiger charge is 2.35. The molecule has 4 rings (SSSR count). The van der Waals surface area contributed by atoms with E-state index < -0.39 is 28.5 Å². The van der Waals surface area contributed by atoms with Crippen molar-refractivity contribution in [2.45, 2.75) is 71.0 Å². The van der Waals surface area contributed by atoms with Crippen molar-refractivity contribution in [1.82, 2.24) is 10.2 Å². The molecule has 0 radical (unpaired) electrons. The fraction of sp³-hybridized carbons (Fsp3) is 0.297. The van der Waals surface area contributed by atoms with E-state index in [1.54, 1.807) is 54.6 Å². The van der Waals surface area contributed by atoms with E-state index in [0.29, 0.717) is 27.7 Å². The van der Waals surface area contributed by atoms with Gasteiger partial charge in [0.25, 0.3) is 10.0 Å². The van der Waals surface area contributed by atoms with Crippen LogP contribution >= 0.6 is 23.2 Å². The van der Waals surface area contributed by atoms with Gasteiger partial charge < -0.3 is 10.2 Å².